The lowest BCUT2D eigenvalue weighted by Crippen LogP contribution is -1.99. The van der Waals surface area contributed by atoms with Gasteiger partial charge in [0, 0.05) is 11.9 Å². The lowest BCUT2D eigenvalue weighted by Gasteiger charge is -2.11. The fraction of sp³-hybridized carbons (Fsp3) is 0.188. The summed E-state index contributed by atoms with van der Waals surface area (Å²) in [5.41, 5.74) is 1.93. The van der Waals surface area contributed by atoms with Gasteiger partial charge in [-0.2, -0.15) is 0 Å². The molecule has 0 saturated carbocycles. The highest BCUT2D eigenvalue weighted by Crippen LogP contribution is 2.30. The van der Waals surface area contributed by atoms with E-state index in [2.05, 4.69) is 4.85 Å². The number of benzene rings is 2. The molecule has 0 fully saturated rings. The molecule has 0 radical (unpaired) electrons. The van der Waals surface area contributed by atoms with Crippen molar-refractivity contribution in [3.63, 3.8) is 0 Å². The van der Waals surface area contributed by atoms with E-state index in [0.29, 0.717) is 11.6 Å². The highest BCUT2D eigenvalue weighted by Gasteiger charge is 2.15. The molecule has 2 aromatic carbocycles. The van der Waals surface area contributed by atoms with Gasteiger partial charge < -0.3 is 9.58 Å². The summed E-state index contributed by atoms with van der Waals surface area (Å²) in [5.74, 6) is 0.719. The molecule has 0 spiro atoms. The van der Waals surface area contributed by atoms with Crippen molar-refractivity contribution in [2.75, 3.05) is 0 Å². The van der Waals surface area contributed by atoms with Crippen LogP contribution in [0.2, 0.25) is 5.02 Å². The summed E-state index contributed by atoms with van der Waals surface area (Å²) in [4.78, 5) is 3.53. The van der Waals surface area contributed by atoms with Crippen molar-refractivity contribution in [1.29, 1.82) is 0 Å². The van der Waals surface area contributed by atoms with Crippen molar-refractivity contribution in [3.05, 3.63) is 76.1 Å². The van der Waals surface area contributed by atoms with Crippen LogP contribution in [0.25, 0.3) is 4.85 Å². The molecule has 2 nitrogen and oxygen atoms in total. The minimum absolute atomic E-state index is 0.260. The maximum atomic E-state index is 7.14. The Balaban J connectivity index is 2.18. The summed E-state index contributed by atoms with van der Waals surface area (Å²) in [6, 6.07) is 15.1. The van der Waals surface area contributed by atoms with E-state index < -0.39 is 0 Å². The molecular formula is C16H14ClNO. The molecule has 0 bridgehead atoms. The standard InChI is InChI=1S/C16H14ClNO/c1-12(18-2)15-10-14(17)8-9-16(15)19-11-13-6-4-3-5-7-13/h3-10,12H,11H2,1H3. The van der Waals surface area contributed by atoms with E-state index in [1.54, 1.807) is 12.1 Å². The zero-order chi connectivity index (χ0) is 13.7. The summed E-state index contributed by atoms with van der Waals surface area (Å²) in [6.07, 6.45) is 0. The largest absolute Gasteiger partial charge is 0.488 e. The van der Waals surface area contributed by atoms with E-state index in [-0.39, 0.29) is 6.04 Å². The van der Waals surface area contributed by atoms with Gasteiger partial charge in [0.05, 0.1) is 5.56 Å². The first-order valence-corrected chi connectivity index (χ1v) is 6.41. The number of nitrogens with zero attached hydrogens (tertiary/aromatic N) is 1. The summed E-state index contributed by atoms with van der Waals surface area (Å²) >= 11 is 5.98. The Labute approximate surface area is 118 Å². The first kappa shape index (κ1) is 13.5. The Bertz CT molecular complexity index is 589. The van der Waals surface area contributed by atoms with Crippen molar-refractivity contribution in [1.82, 2.24) is 0 Å². The number of halogens is 1. The second-order valence-electron chi connectivity index (χ2n) is 4.26. The van der Waals surface area contributed by atoms with Crippen LogP contribution in [0, 0.1) is 6.57 Å². The molecule has 0 aromatic heterocycles. The monoisotopic (exact) mass is 271 g/mol. The van der Waals surface area contributed by atoms with Gasteiger partial charge >= 0.3 is 0 Å². The Morgan fingerprint density at radius 2 is 1.95 bits per heavy atom. The Morgan fingerprint density at radius 1 is 1.21 bits per heavy atom. The van der Waals surface area contributed by atoms with Crippen molar-refractivity contribution in [3.8, 4) is 5.75 Å². The van der Waals surface area contributed by atoms with E-state index in [1.165, 1.54) is 0 Å². The van der Waals surface area contributed by atoms with Gasteiger partial charge in [-0.1, -0.05) is 41.9 Å². The highest BCUT2D eigenvalue weighted by atomic mass is 35.5. The fourth-order valence-corrected chi connectivity index (χ4v) is 1.96. The van der Waals surface area contributed by atoms with Gasteiger partial charge in [-0.25, -0.2) is 6.57 Å². The SMILES string of the molecule is [C-]#[N+]C(C)c1cc(Cl)ccc1OCc1ccccc1. The molecule has 2 aromatic rings. The van der Waals surface area contributed by atoms with Crippen LogP contribution in [0.1, 0.15) is 24.1 Å². The average molecular weight is 272 g/mol. The van der Waals surface area contributed by atoms with E-state index in [9.17, 15) is 0 Å². The molecular weight excluding hydrogens is 258 g/mol. The third-order valence-corrected chi connectivity index (χ3v) is 3.09. The van der Waals surface area contributed by atoms with Crippen LogP contribution in [0.15, 0.2) is 48.5 Å². The van der Waals surface area contributed by atoms with E-state index in [0.717, 1.165) is 16.9 Å². The molecule has 2 rings (SSSR count). The van der Waals surface area contributed by atoms with Crippen molar-refractivity contribution in [2.45, 2.75) is 19.6 Å². The van der Waals surface area contributed by atoms with Crippen LogP contribution in [-0.2, 0) is 6.61 Å². The van der Waals surface area contributed by atoms with Gasteiger partial charge in [-0.3, -0.25) is 0 Å². The highest BCUT2D eigenvalue weighted by molar-refractivity contribution is 6.30. The Kier molecular flexibility index (Phi) is 4.43. The topological polar surface area (TPSA) is 13.6 Å². The summed E-state index contributed by atoms with van der Waals surface area (Å²) in [6.45, 7) is 9.46. The molecule has 0 N–H and O–H groups in total. The van der Waals surface area contributed by atoms with Crippen molar-refractivity contribution in [2.24, 2.45) is 0 Å². The smallest absolute Gasteiger partial charge is 0.249 e. The number of rotatable bonds is 4. The lowest BCUT2D eigenvalue weighted by molar-refractivity contribution is 0.302. The van der Waals surface area contributed by atoms with E-state index >= 15 is 0 Å². The van der Waals surface area contributed by atoms with Crippen LogP contribution in [0.5, 0.6) is 5.75 Å². The first-order chi connectivity index (χ1) is 9.20. The van der Waals surface area contributed by atoms with E-state index in [4.69, 9.17) is 22.9 Å². The maximum Gasteiger partial charge on any atom is 0.249 e. The Morgan fingerprint density at radius 3 is 2.63 bits per heavy atom. The van der Waals surface area contributed by atoms with Crippen LogP contribution in [0.3, 0.4) is 0 Å². The van der Waals surface area contributed by atoms with Crippen molar-refractivity contribution >= 4 is 11.6 Å². The third kappa shape index (κ3) is 3.49. The van der Waals surface area contributed by atoms with Gasteiger partial charge in [0.25, 0.3) is 0 Å². The van der Waals surface area contributed by atoms with Gasteiger partial charge in [0.2, 0.25) is 6.04 Å². The zero-order valence-corrected chi connectivity index (χ0v) is 11.4. The molecule has 1 atom stereocenters. The molecule has 3 heteroatoms. The molecule has 19 heavy (non-hydrogen) atoms. The maximum absolute atomic E-state index is 7.14. The number of hydrogen-bond donors (Lipinski definition) is 0. The van der Waals surface area contributed by atoms with Gasteiger partial charge in [0.1, 0.15) is 12.4 Å². The predicted octanol–water partition coefficient (Wildman–Crippen LogP) is 4.90. The molecule has 0 heterocycles. The zero-order valence-electron chi connectivity index (χ0n) is 10.6. The molecule has 0 saturated heterocycles. The number of hydrogen-bond acceptors (Lipinski definition) is 1. The molecule has 1 unspecified atom stereocenters. The quantitative estimate of drug-likeness (QED) is 0.721. The van der Waals surface area contributed by atoms with Crippen LogP contribution in [-0.4, -0.2) is 0 Å². The summed E-state index contributed by atoms with van der Waals surface area (Å²) in [7, 11) is 0. The molecule has 0 aliphatic carbocycles. The van der Waals surface area contributed by atoms with Crippen molar-refractivity contribution < 1.29 is 4.74 Å². The normalized spacial score (nSPS) is 11.6. The van der Waals surface area contributed by atoms with E-state index in [1.807, 2.05) is 43.3 Å². The lowest BCUT2D eigenvalue weighted by atomic mass is 10.1. The minimum atomic E-state index is -0.260. The number of ether oxygens (including phenoxy) is 1. The molecule has 0 aliphatic rings. The predicted molar refractivity (Wildman–Crippen MR) is 77.2 cm³/mol. The van der Waals surface area contributed by atoms with Gasteiger partial charge in [-0.15, -0.1) is 0 Å². The van der Waals surface area contributed by atoms with Gasteiger partial charge in [-0.05, 0) is 23.8 Å². The van der Waals surface area contributed by atoms with Crippen LogP contribution >= 0.6 is 11.6 Å². The first-order valence-electron chi connectivity index (χ1n) is 6.03. The molecule has 96 valence electrons. The molecule has 0 aliphatic heterocycles. The summed E-state index contributed by atoms with van der Waals surface area (Å²) in [5, 5.41) is 0.623. The van der Waals surface area contributed by atoms with Gasteiger partial charge in [0.15, 0.2) is 0 Å². The second-order valence-corrected chi connectivity index (χ2v) is 4.70. The minimum Gasteiger partial charge on any atom is -0.488 e. The third-order valence-electron chi connectivity index (χ3n) is 2.85. The van der Waals surface area contributed by atoms with Crippen LogP contribution < -0.4 is 4.74 Å². The fourth-order valence-electron chi connectivity index (χ4n) is 1.78. The average Bonchev–Trinajstić information content (AvgIpc) is 2.46. The second kappa shape index (κ2) is 6.26. The van der Waals surface area contributed by atoms with Crippen LogP contribution in [0.4, 0.5) is 0 Å². The molecule has 0 amide bonds. The Hall–Kier alpha value is -1.98. The summed E-state index contributed by atoms with van der Waals surface area (Å²) < 4.78 is 5.80.